The molecule has 1 fully saturated rings. The van der Waals surface area contributed by atoms with Gasteiger partial charge in [-0.3, -0.25) is 4.90 Å². The summed E-state index contributed by atoms with van der Waals surface area (Å²) in [6.45, 7) is 6.80. The van der Waals surface area contributed by atoms with Gasteiger partial charge in [0.1, 0.15) is 12.2 Å². The summed E-state index contributed by atoms with van der Waals surface area (Å²) >= 11 is 0. The molecule has 0 atom stereocenters. The summed E-state index contributed by atoms with van der Waals surface area (Å²) in [5, 5.41) is 11.4. The molecule has 82 valence electrons. The van der Waals surface area contributed by atoms with Crippen LogP contribution < -0.4 is 5.32 Å². The Kier molecular flexibility index (Phi) is 2.42. The zero-order valence-corrected chi connectivity index (χ0v) is 8.89. The van der Waals surface area contributed by atoms with Crippen molar-refractivity contribution < 1.29 is 0 Å². The van der Waals surface area contributed by atoms with Crippen molar-refractivity contribution in [3.63, 3.8) is 0 Å². The standard InChI is InChI=1S/C10H17N5/c1(9-5-11-6-9)2-14-3-4-15-8-12-13-10(15)7-14/h8-9,11H,1-7H2. The van der Waals surface area contributed by atoms with Crippen molar-refractivity contribution in [3.05, 3.63) is 12.2 Å². The molecule has 0 amide bonds. The van der Waals surface area contributed by atoms with Gasteiger partial charge in [-0.25, -0.2) is 0 Å². The predicted molar refractivity (Wildman–Crippen MR) is 56.3 cm³/mol. The number of hydrogen-bond donors (Lipinski definition) is 1. The Bertz CT molecular complexity index is 330. The quantitative estimate of drug-likeness (QED) is 0.739. The number of hydrogen-bond acceptors (Lipinski definition) is 4. The van der Waals surface area contributed by atoms with Crippen LogP contribution in [-0.4, -0.2) is 45.8 Å². The maximum Gasteiger partial charge on any atom is 0.147 e. The first-order chi connectivity index (χ1) is 7.42. The normalized spacial score (nSPS) is 22.4. The summed E-state index contributed by atoms with van der Waals surface area (Å²) in [6, 6.07) is 0. The Morgan fingerprint density at radius 2 is 2.33 bits per heavy atom. The number of nitrogens with one attached hydrogen (secondary N) is 1. The second-order valence-electron chi connectivity index (χ2n) is 4.53. The van der Waals surface area contributed by atoms with E-state index in [9.17, 15) is 0 Å². The molecule has 1 N–H and O–H groups in total. The van der Waals surface area contributed by atoms with Gasteiger partial charge in [0.15, 0.2) is 0 Å². The molecule has 1 aromatic rings. The van der Waals surface area contributed by atoms with Crippen LogP contribution in [0.5, 0.6) is 0 Å². The summed E-state index contributed by atoms with van der Waals surface area (Å²) in [5.74, 6) is 2.03. The summed E-state index contributed by atoms with van der Waals surface area (Å²) in [4.78, 5) is 2.49. The first-order valence-electron chi connectivity index (χ1n) is 5.71. The largest absolute Gasteiger partial charge is 0.316 e. The highest BCUT2D eigenvalue weighted by atomic mass is 15.3. The lowest BCUT2D eigenvalue weighted by molar-refractivity contribution is 0.188. The van der Waals surface area contributed by atoms with Crippen LogP contribution in [0.2, 0.25) is 0 Å². The van der Waals surface area contributed by atoms with Crippen LogP contribution in [-0.2, 0) is 13.1 Å². The minimum atomic E-state index is 0.907. The summed E-state index contributed by atoms with van der Waals surface area (Å²) in [6.07, 6.45) is 3.16. The summed E-state index contributed by atoms with van der Waals surface area (Å²) in [7, 11) is 0. The van der Waals surface area contributed by atoms with E-state index in [0.29, 0.717) is 0 Å². The fraction of sp³-hybridized carbons (Fsp3) is 0.800. The molecule has 0 saturated carbocycles. The predicted octanol–water partition coefficient (Wildman–Crippen LogP) is -0.297. The maximum absolute atomic E-state index is 4.13. The Morgan fingerprint density at radius 3 is 3.13 bits per heavy atom. The average molecular weight is 207 g/mol. The van der Waals surface area contributed by atoms with Gasteiger partial charge >= 0.3 is 0 Å². The van der Waals surface area contributed by atoms with Gasteiger partial charge in [0.25, 0.3) is 0 Å². The lowest BCUT2D eigenvalue weighted by Gasteiger charge is -2.31. The number of aromatic nitrogens is 3. The summed E-state index contributed by atoms with van der Waals surface area (Å²) in [5.41, 5.74) is 0. The molecule has 5 heteroatoms. The van der Waals surface area contributed by atoms with Gasteiger partial charge in [0.2, 0.25) is 0 Å². The number of fused-ring (bicyclic) bond motifs is 1. The first kappa shape index (κ1) is 9.30. The highest BCUT2D eigenvalue weighted by Crippen LogP contribution is 2.13. The van der Waals surface area contributed by atoms with E-state index in [1.807, 2.05) is 6.33 Å². The van der Waals surface area contributed by atoms with Crippen LogP contribution in [0.25, 0.3) is 0 Å². The van der Waals surface area contributed by atoms with Crippen LogP contribution in [0.15, 0.2) is 6.33 Å². The van der Waals surface area contributed by atoms with Crippen molar-refractivity contribution in [1.82, 2.24) is 25.0 Å². The fourth-order valence-electron chi connectivity index (χ4n) is 2.22. The molecule has 0 unspecified atom stereocenters. The minimum Gasteiger partial charge on any atom is -0.316 e. The van der Waals surface area contributed by atoms with Gasteiger partial charge in [-0.05, 0) is 32.0 Å². The van der Waals surface area contributed by atoms with E-state index in [1.54, 1.807) is 0 Å². The highest BCUT2D eigenvalue weighted by molar-refractivity contribution is 4.90. The van der Waals surface area contributed by atoms with Crippen LogP contribution >= 0.6 is 0 Å². The van der Waals surface area contributed by atoms with E-state index in [0.717, 1.165) is 31.4 Å². The molecule has 0 bridgehead atoms. The molecule has 3 heterocycles. The molecule has 0 aromatic carbocycles. The van der Waals surface area contributed by atoms with Crippen LogP contribution in [0.3, 0.4) is 0 Å². The molecular weight excluding hydrogens is 190 g/mol. The Labute approximate surface area is 89.5 Å². The average Bonchev–Trinajstić information content (AvgIpc) is 2.62. The van der Waals surface area contributed by atoms with E-state index < -0.39 is 0 Å². The molecule has 0 radical (unpaired) electrons. The van der Waals surface area contributed by atoms with Gasteiger partial charge in [-0.15, -0.1) is 10.2 Å². The van der Waals surface area contributed by atoms with E-state index in [2.05, 4.69) is 25.0 Å². The van der Waals surface area contributed by atoms with Crippen LogP contribution in [0.1, 0.15) is 12.2 Å². The van der Waals surface area contributed by atoms with Gasteiger partial charge in [-0.2, -0.15) is 0 Å². The second-order valence-corrected chi connectivity index (χ2v) is 4.53. The Hall–Kier alpha value is -0.940. The van der Waals surface area contributed by atoms with Crippen LogP contribution in [0, 0.1) is 5.92 Å². The van der Waals surface area contributed by atoms with Crippen molar-refractivity contribution in [2.24, 2.45) is 5.92 Å². The monoisotopic (exact) mass is 207 g/mol. The third kappa shape index (κ3) is 1.89. The SMILES string of the molecule is c1nnc2n1CCN(CCC1CNC1)C2. The fourth-order valence-corrected chi connectivity index (χ4v) is 2.22. The Balaban J connectivity index is 1.52. The third-order valence-electron chi connectivity index (χ3n) is 3.44. The first-order valence-corrected chi connectivity index (χ1v) is 5.71. The summed E-state index contributed by atoms with van der Waals surface area (Å²) < 4.78 is 2.15. The van der Waals surface area contributed by atoms with E-state index >= 15 is 0 Å². The smallest absolute Gasteiger partial charge is 0.147 e. The van der Waals surface area contributed by atoms with Gasteiger partial charge in [0, 0.05) is 13.1 Å². The molecule has 1 saturated heterocycles. The van der Waals surface area contributed by atoms with Crippen molar-refractivity contribution in [2.45, 2.75) is 19.5 Å². The zero-order valence-electron chi connectivity index (χ0n) is 8.89. The van der Waals surface area contributed by atoms with Gasteiger partial charge in [-0.1, -0.05) is 0 Å². The molecule has 0 spiro atoms. The van der Waals surface area contributed by atoms with Crippen molar-refractivity contribution in [3.8, 4) is 0 Å². The molecule has 2 aliphatic rings. The van der Waals surface area contributed by atoms with Gasteiger partial charge in [0.05, 0.1) is 6.54 Å². The molecule has 15 heavy (non-hydrogen) atoms. The zero-order chi connectivity index (χ0) is 10.1. The second kappa shape index (κ2) is 3.90. The maximum atomic E-state index is 4.13. The third-order valence-corrected chi connectivity index (χ3v) is 3.44. The lowest BCUT2D eigenvalue weighted by Crippen LogP contribution is -2.44. The molecule has 3 rings (SSSR count). The van der Waals surface area contributed by atoms with Gasteiger partial charge < -0.3 is 9.88 Å². The molecule has 1 aromatic heterocycles. The Morgan fingerprint density at radius 1 is 1.40 bits per heavy atom. The molecule has 5 nitrogen and oxygen atoms in total. The molecule has 0 aliphatic carbocycles. The van der Waals surface area contributed by atoms with E-state index in [4.69, 9.17) is 0 Å². The van der Waals surface area contributed by atoms with E-state index in [-0.39, 0.29) is 0 Å². The van der Waals surface area contributed by atoms with Crippen molar-refractivity contribution in [2.75, 3.05) is 26.2 Å². The van der Waals surface area contributed by atoms with Crippen LogP contribution in [0.4, 0.5) is 0 Å². The van der Waals surface area contributed by atoms with E-state index in [1.165, 1.54) is 26.1 Å². The van der Waals surface area contributed by atoms with Crippen molar-refractivity contribution in [1.29, 1.82) is 0 Å². The lowest BCUT2D eigenvalue weighted by atomic mass is 9.99. The number of nitrogens with zero attached hydrogens (tertiary/aromatic N) is 4. The highest BCUT2D eigenvalue weighted by Gasteiger charge is 2.20. The number of rotatable bonds is 3. The molecular formula is C10H17N5. The molecule has 2 aliphatic heterocycles. The topological polar surface area (TPSA) is 46.0 Å². The minimum absolute atomic E-state index is 0.907. The van der Waals surface area contributed by atoms with Crippen molar-refractivity contribution >= 4 is 0 Å².